The van der Waals surface area contributed by atoms with E-state index in [2.05, 4.69) is 60.8 Å². The highest BCUT2D eigenvalue weighted by Gasteiger charge is 2.13. The quantitative estimate of drug-likeness (QED) is 0.645. The van der Waals surface area contributed by atoms with E-state index in [1.807, 2.05) is 6.07 Å². The first-order chi connectivity index (χ1) is 13.3. The molecule has 2 N–H and O–H groups in total. The number of rotatable bonds is 9. The van der Waals surface area contributed by atoms with Gasteiger partial charge in [0, 0.05) is 26.0 Å². The largest absolute Gasteiger partial charge is 0.356 e. The van der Waals surface area contributed by atoms with Crippen LogP contribution < -0.4 is 10.6 Å². The summed E-state index contributed by atoms with van der Waals surface area (Å²) in [4.78, 5) is 23.0. The standard InChI is InChI=1S/C22H32N4O2/c1-17(27)23-14-7-5-6-8-21(28)25-20-13-15-24-26(20)16-18-9-11-19(12-10-18)22(2,3)4/h9-13,15H,5-8,14,16H2,1-4H3,(H,23,27)(H,25,28). The first kappa shape index (κ1) is 21.7. The van der Waals surface area contributed by atoms with Gasteiger partial charge in [-0.25, -0.2) is 4.68 Å². The Labute approximate surface area is 167 Å². The van der Waals surface area contributed by atoms with Gasteiger partial charge in [0.1, 0.15) is 5.82 Å². The topological polar surface area (TPSA) is 76.0 Å². The Balaban J connectivity index is 1.81. The molecule has 6 heteroatoms. The first-order valence-electron chi connectivity index (χ1n) is 9.91. The smallest absolute Gasteiger partial charge is 0.225 e. The third kappa shape index (κ3) is 7.18. The fourth-order valence-electron chi connectivity index (χ4n) is 2.91. The molecule has 0 bridgehead atoms. The monoisotopic (exact) mass is 384 g/mol. The van der Waals surface area contributed by atoms with E-state index in [-0.39, 0.29) is 17.2 Å². The molecular weight excluding hydrogens is 352 g/mol. The lowest BCUT2D eigenvalue weighted by molar-refractivity contribution is -0.119. The fourth-order valence-corrected chi connectivity index (χ4v) is 2.91. The van der Waals surface area contributed by atoms with Crippen molar-refractivity contribution in [3.8, 4) is 0 Å². The van der Waals surface area contributed by atoms with E-state index in [0.29, 0.717) is 25.3 Å². The van der Waals surface area contributed by atoms with Gasteiger partial charge in [0.15, 0.2) is 0 Å². The third-order valence-corrected chi connectivity index (χ3v) is 4.59. The second kappa shape index (κ2) is 10.1. The average molecular weight is 385 g/mol. The number of carbonyl (C=O) groups is 2. The fraction of sp³-hybridized carbons (Fsp3) is 0.500. The summed E-state index contributed by atoms with van der Waals surface area (Å²) in [5, 5.41) is 10.0. The summed E-state index contributed by atoms with van der Waals surface area (Å²) in [5.74, 6) is 0.687. The van der Waals surface area contributed by atoms with Gasteiger partial charge < -0.3 is 10.6 Å². The Morgan fingerprint density at radius 1 is 1.04 bits per heavy atom. The minimum Gasteiger partial charge on any atom is -0.356 e. The SMILES string of the molecule is CC(=O)NCCCCCC(=O)Nc1ccnn1Cc1ccc(C(C)(C)C)cc1. The Morgan fingerprint density at radius 2 is 1.75 bits per heavy atom. The highest BCUT2D eigenvalue weighted by molar-refractivity contribution is 5.89. The van der Waals surface area contributed by atoms with E-state index in [1.165, 1.54) is 12.5 Å². The van der Waals surface area contributed by atoms with Crippen LogP contribution in [0.4, 0.5) is 5.82 Å². The van der Waals surface area contributed by atoms with Gasteiger partial charge >= 0.3 is 0 Å². The molecule has 0 aliphatic carbocycles. The lowest BCUT2D eigenvalue weighted by atomic mass is 9.87. The molecule has 1 heterocycles. The third-order valence-electron chi connectivity index (χ3n) is 4.59. The maximum atomic E-state index is 12.2. The molecule has 1 aromatic heterocycles. The summed E-state index contributed by atoms with van der Waals surface area (Å²) < 4.78 is 1.81. The minimum absolute atomic E-state index is 0.00985. The number of hydrogen-bond donors (Lipinski definition) is 2. The van der Waals surface area contributed by atoms with Crippen molar-refractivity contribution in [1.29, 1.82) is 0 Å². The summed E-state index contributed by atoms with van der Waals surface area (Å²) in [6.45, 7) is 9.38. The molecule has 0 saturated heterocycles. The molecule has 0 unspecified atom stereocenters. The van der Waals surface area contributed by atoms with Crippen LogP contribution in [0, 0.1) is 0 Å². The van der Waals surface area contributed by atoms with Crippen LogP contribution >= 0.6 is 0 Å². The molecular formula is C22H32N4O2. The summed E-state index contributed by atoms with van der Waals surface area (Å²) in [6.07, 6.45) is 4.76. The van der Waals surface area contributed by atoms with Crippen LogP contribution in [0.1, 0.15) is 64.5 Å². The van der Waals surface area contributed by atoms with Crippen molar-refractivity contribution in [2.45, 2.75) is 65.3 Å². The molecule has 1 aromatic carbocycles. The Morgan fingerprint density at radius 3 is 2.39 bits per heavy atom. The Kier molecular flexibility index (Phi) is 7.79. The maximum absolute atomic E-state index is 12.2. The molecule has 0 saturated carbocycles. The first-order valence-corrected chi connectivity index (χ1v) is 9.91. The summed E-state index contributed by atoms with van der Waals surface area (Å²) >= 11 is 0. The van der Waals surface area contributed by atoms with Gasteiger partial charge in [-0.2, -0.15) is 5.10 Å². The molecule has 0 spiro atoms. The van der Waals surface area contributed by atoms with Crippen molar-refractivity contribution in [3.05, 3.63) is 47.7 Å². The summed E-state index contributed by atoms with van der Waals surface area (Å²) in [7, 11) is 0. The van der Waals surface area contributed by atoms with Gasteiger partial charge in [-0.3, -0.25) is 9.59 Å². The molecule has 0 aliphatic rings. The van der Waals surface area contributed by atoms with Crippen LogP contribution in [0.25, 0.3) is 0 Å². The van der Waals surface area contributed by atoms with E-state index in [9.17, 15) is 9.59 Å². The second-order valence-corrected chi connectivity index (χ2v) is 8.16. The maximum Gasteiger partial charge on any atom is 0.225 e. The van der Waals surface area contributed by atoms with Crippen LogP contribution in [0.2, 0.25) is 0 Å². The lowest BCUT2D eigenvalue weighted by Crippen LogP contribution is -2.20. The van der Waals surface area contributed by atoms with Gasteiger partial charge in [-0.15, -0.1) is 0 Å². The normalized spacial score (nSPS) is 11.3. The highest BCUT2D eigenvalue weighted by atomic mass is 16.2. The average Bonchev–Trinajstić information content (AvgIpc) is 3.04. The van der Waals surface area contributed by atoms with E-state index in [1.54, 1.807) is 10.9 Å². The zero-order valence-electron chi connectivity index (χ0n) is 17.4. The zero-order valence-corrected chi connectivity index (χ0v) is 17.4. The molecule has 2 rings (SSSR count). The van der Waals surface area contributed by atoms with Crippen molar-refractivity contribution in [2.75, 3.05) is 11.9 Å². The predicted octanol–water partition coefficient (Wildman–Crippen LogP) is 3.86. The number of amides is 2. The number of benzene rings is 1. The van der Waals surface area contributed by atoms with Crippen LogP contribution in [-0.2, 0) is 21.5 Å². The number of unbranched alkanes of at least 4 members (excludes halogenated alkanes) is 2. The predicted molar refractivity (Wildman–Crippen MR) is 112 cm³/mol. The molecule has 0 fully saturated rings. The van der Waals surface area contributed by atoms with Crippen LogP contribution in [-0.4, -0.2) is 28.1 Å². The van der Waals surface area contributed by atoms with Gasteiger partial charge in [0.05, 0.1) is 12.7 Å². The van der Waals surface area contributed by atoms with Crippen molar-refractivity contribution < 1.29 is 9.59 Å². The number of nitrogens with zero attached hydrogens (tertiary/aromatic N) is 2. The molecule has 0 aliphatic heterocycles. The molecule has 0 radical (unpaired) electrons. The molecule has 2 amide bonds. The van der Waals surface area contributed by atoms with E-state index < -0.39 is 0 Å². The lowest BCUT2D eigenvalue weighted by Gasteiger charge is -2.19. The van der Waals surface area contributed by atoms with Gasteiger partial charge in [0.2, 0.25) is 11.8 Å². The van der Waals surface area contributed by atoms with Gasteiger partial charge in [-0.05, 0) is 29.4 Å². The molecule has 2 aromatic rings. The van der Waals surface area contributed by atoms with Crippen LogP contribution in [0.5, 0.6) is 0 Å². The van der Waals surface area contributed by atoms with Crippen LogP contribution in [0.3, 0.4) is 0 Å². The van der Waals surface area contributed by atoms with E-state index >= 15 is 0 Å². The van der Waals surface area contributed by atoms with Crippen molar-refractivity contribution in [1.82, 2.24) is 15.1 Å². The van der Waals surface area contributed by atoms with E-state index in [4.69, 9.17) is 0 Å². The second-order valence-electron chi connectivity index (χ2n) is 8.16. The van der Waals surface area contributed by atoms with Crippen molar-refractivity contribution >= 4 is 17.6 Å². The van der Waals surface area contributed by atoms with Gasteiger partial charge in [0.25, 0.3) is 0 Å². The van der Waals surface area contributed by atoms with Crippen molar-refractivity contribution in [2.24, 2.45) is 0 Å². The molecule has 6 nitrogen and oxygen atoms in total. The summed E-state index contributed by atoms with van der Waals surface area (Å²) in [5.41, 5.74) is 2.57. The number of aromatic nitrogens is 2. The number of carbonyl (C=O) groups excluding carboxylic acids is 2. The molecule has 28 heavy (non-hydrogen) atoms. The molecule has 0 atom stereocenters. The van der Waals surface area contributed by atoms with E-state index in [0.717, 1.165) is 24.8 Å². The summed E-state index contributed by atoms with van der Waals surface area (Å²) in [6, 6.07) is 10.3. The van der Waals surface area contributed by atoms with Crippen LogP contribution in [0.15, 0.2) is 36.5 Å². The Hall–Kier alpha value is -2.63. The minimum atomic E-state index is -0.0148. The van der Waals surface area contributed by atoms with Crippen molar-refractivity contribution in [3.63, 3.8) is 0 Å². The number of hydrogen-bond acceptors (Lipinski definition) is 3. The number of nitrogens with one attached hydrogen (secondary N) is 2. The zero-order chi connectivity index (χ0) is 20.6. The number of anilines is 1. The Bertz CT molecular complexity index is 773. The van der Waals surface area contributed by atoms with Gasteiger partial charge in [-0.1, -0.05) is 51.5 Å². The highest BCUT2D eigenvalue weighted by Crippen LogP contribution is 2.22. The molecule has 152 valence electrons.